The van der Waals surface area contributed by atoms with Gasteiger partial charge in [-0.2, -0.15) is 4.37 Å². The number of aliphatic hydroxyl groups is 1. The van der Waals surface area contributed by atoms with Gasteiger partial charge >= 0.3 is 0 Å². The highest BCUT2D eigenvalue weighted by atomic mass is 32.1. The first kappa shape index (κ1) is 14.6. The summed E-state index contributed by atoms with van der Waals surface area (Å²) in [6, 6.07) is 0.284. The predicted octanol–water partition coefficient (Wildman–Crippen LogP) is 1.72. The van der Waals surface area contributed by atoms with Crippen molar-refractivity contribution in [2.45, 2.75) is 56.6 Å². The van der Waals surface area contributed by atoms with Crippen LogP contribution in [0, 0.1) is 0 Å². The maximum absolute atomic E-state index is 12.2. The summed E-state index contributed by atoms with van der Waals surface area (Å²) in [7, 11) is 0. The van der Waals surface area contributed by atoms with Crippen molar-refractivity contribution in [2.24, 2.45) is 0 Å². The Kier molecular flexibility index (Phi) is 4.03. The summed E-state index contributed by atoms with van der Waals surface area (Å²) in [6.07, 6.45) is 6.97. The summed E-state index contributed by atoms with van der Waals surface area (Å²) in [5.41, 5.74) is 5.56. The second kappa shape index (κ2) is 5.81. The summed E-state index contributed by atoms with van der Waals surface area (Å²) in [6.45, 7) is 0.443. The number of nitrogen functional groups attached to an aromatic ring is 1. The molecular formula is C14H22N4O2S. The van der Waals surface area contributed by atoms with Crippen LogP contribution in [-0.2, 0) is 0 Å². The average molecular weight is 310 g/mol. The van der Waals surface area contributed by atoms with Gasteiger partial charge in [0.1, 0.15) is 10.6 Å². The van der Waals surface area contributed by atoms with Crippen LogP contribution in [0.15, 0.2) is 0 Å². The smallest absolute Gasteiger partial charge is 0.258 e. The molecule has 1 aromatic heterocycles. The normalized spacial score (nSPS) is 21.0. The van der Waals surface area contributed by atoms with Crippen molar-refractivity contribution in [3.05, 3.63) is 5.56 Å². The van der Waals surface area contributed by atoms with Crippen LogP contribution in [0.1, 0.15) is 55.3 Å². The number of nitrogens with zero attached hydrogens (tertiary/aromatic N) is 1. The third-order valence-corrected chi connectivity index (χ3v) is 5.04. The molecule has 1 heterocycles. The van der Waals surface area contributed by atoms with Crippen LogP contribution in [0.3, 0.4) is 0 Å². The second-order valence-electron chi connectivity index (χ2n) is 6.16. The average Bonchev–Trinajstić information content (AvgIpc) is 3.18. The lowest BCUT2D eigenvalue weighted by molar-refractivity contribution is 0.0167. The molecule has 6 nitrogen and oxygen atoms in total. The van der Waals surface area contributed by atoms with Gasteiger partial charge in [0.05, 0.1) is 5.60 Å². The second-order valence-corrected chi connectivity index (χ2v) is 6.93. The van der Waals surface area contributed by atoms with Gasteiger partial charge in [-0.05, 0) is 37.2 Å². The first-order chi connectivity index (χ1) is 10.1. The summed E-state index contributed by atoms with van der Waals surface area (Å²) in [5, 5.41) is 17.3. The van der Waals surface area contributed by atoms with Crippen LogP contribution in [0.4, 0.5) is 10.8 Å². The lowest BCUT2D eigenvalue weighted by atomic mass is 9.85. The van der Waals surface area contributed by atoms with Crippen LogP contribution in [0.25, 0.3) is 0 Å². The van der Waals surface area contributed by atoms with Crippen molar-refractivity contribution < 1.29 is 9.90 Å². The maximum atomic E-state index is 12.2. The number of nitrogens with two attached hydrogens (primary N) is 1. The highest BCUT2D eigenvalue weighted by molar-refractivity contribution is 7.11. The van der Waals surface area contributed by atoms with Gasteiger partial charge in [-0.15, -0.1) is 0 Å². The zero-order chi connectivity index (χ0) is 14.9. The molecule has 0 spiro atoms. The zero-order valence-electron chi connectivity index (χ0n) is 12.0. The molecule has 2 aliphatic carbocycles. The van der Waals surface area contributed by atoms with Gasteiger partial charge in [0.2, 0.25) is 0 Å². The molecule has 2 fully saturated rings. The van der Waals surface area contributed by atoms with E-state index in [1.54, 1.807) is 0 Å². The van der Waals surface area contributed by atoms with Crippen LogP contribution >= 0.6 is 11.5 Å². The van der Waals surface area contributed by atoms with Crippen LogP contribution in [0.2, 0.25) is 0 Å². The number of carbonyl (C=O) groups is 1. The minimum absolute atomic E-state index is 0.165. The fourth-order valence-electron chi connectivity index (χ4n) is 2.76. The molecule has 1 aromatic rings. The molecule has 0 atom stereocenters. The van der Waals surface area contributed by atoms with Crippen molar-refractivity contribution in [1.82, 2.24) is 9.69 Å². The number of hydrogen-bond donors (Lipinski definition) is 4. The number of anilines is 2. The van der Waals surface area contributed by atoms with E-state index in [-0.39, 0.29) is 17.8 Å². The molecule has 21 heavy (non-hydrogen) atoms. The van der Waals surface area contributed by atoms with Crippen molar-refractivity contribution in [3.8, 4) is 0 Å². The predicted molar refractivity (Wildman–Crippen MR) is 83.5 cm³/mol. The van der Waals surface area contributed by atoms with E-state index in [1.165, 1.54) is 18.0 Å². The molecule has 116 valence electrons. The molecule has 0 aliphatic heterocycles. The molecule has 7 heteroatoms. The number of rotatable bonds is 5. The van der Waals surface area contributed by atoms with Gasteiger partial charge in [0, 0.05) is 12.6 Å². The van der Waals surface area contributed by atoms with Crippen LogP contribution < -0.4 is 16.4 Å². The van der Waals surface area contributed by atoms with Gasteiger partial charge < -0.3 is 21.5 Å². The molecular weight excluding hydrogens is 288 g/mol. The first-order valence-corrected chi connectivity index (χ1v) is 8.37. The fraction of sp³-hybridized carbons (Fsp3) is 0.714. The molecule has 1 amide bonds. The summed E-state index contributed by atoms with van der Waals surface area (Å²) < 4.78 is 4.07. The number of nitrogens with one attached hydrogen (secondary N) is 2. The van der Waals surface area contributed by atoms with Crippen molar-refractivity contribution in [2.75, 3.05) is 17.6 Å². The van der Waals surface area contributed by atoms with E-state index in [9.17, 15) is 9.90 Å². The van der Waals surface area contributed by atoms with Gasteiger partial charge in [-0.3, -0.25) is 4.79 Å². The topological polar surface area (TPSA) is 100 Å². The Bertz CT molecular complexity index is 521. The molecule has 0 aromatic carbocycles. The van der Waals surface area contributed by atoms with Gasteiger partial charge in [-0.1, -0.05) is 19.3 Å². The van der Waals surface area contributed by atoms with Crippen LogP contribution in [-0.4, -0.2) is 33.6 Å². The molecule has 0 unspecified atom stereocenters. The van der Waals surface area contributed by atoms with E-state index in [4.69, 9.17) is 5.73 Å². The number of hydrogen-bond acceptors (Lipinski definition) is 6. The third-order valence-electron chi connectivity index (χ3n) is 4.22. The molecule has 0 radical (unpaired) electrons. The minimum atomic E-state index is -0.679. The molecule has 0 bridgehead atoms. The molecule has 5 N–H and O–H groups in total. The standard InChI is InChI=1S/C14H22N4O2S/c15-11-10(12(19)17-9-4-5-9)13(21-18-11)16-8-14(20)6-2-1-3-7-14/h9,16,20H,1-8H2,(H2,15,18)(H,17,19). The molecule has 2 saturated carbocycles. The Morgan fingerprint density at radius 2 is 2.10 bits per heavy atom. The number of aromatic nitrogens is 1. The quantitative estimate of drug-likeness (QED) is 0.663. The van der Waals surface area contributed by atoms with E-state index in [0.29, 0.717) is 17.1 Å². The summed E-state index contributed by atoms with van der Waals surface area (Å²) >= 11 is 1.18. The number of carbonyl (C=O) groups excluding carboxylic acids is 1. The molecule has 3 rings (SSSR count). The lowest BCUT2D eigenvalue weighted by Crippen LogP contribution is -2.39. The summed E-state index contributed by atoms with van der Waals surface area (Å²) in [4.78, 5) is 12.2. The Labute approximate surface area is 128 Å². The summed E-state index contributed by atoms with van der Waals surface area (Å²) in [5.74, 6) is 0.0955. The van der Waals surface area contributed by atoms with Crippen molar-refractivity contribution >= 4 is 28.3 Å². The highest BCUT2D eigenvalue weighted by Gasteiger charge is 2.31. The first-order valence-electron chi connectivity index (χ1n) is 7.60. The van der Waals surface area contributed by atoms with E-state index >= 15 is 0 Å². The molecule has 0 saturated heterocycles. The van der Waals surface area contributed by atoms with Crippen molar-refractivity contribution in [1.29, 1.82) is 0 Å². The largest absolute Gasteiger partial charge is 0.388 e. The fourth-order valence-corrected chi connectivity index (χ4v) is 3.47. The van der Waals surface area contributed by atoms with Gasteiger partial charge in [-0.25, -0.2) is 0 Å². The van der Waals surface area contributed by atoms with Crippen molar-refractivity contribution in [3.63, 3.8) is 0 Å². The maximum Gasteiger partial charge on any atom is 0.258 e. The third kappa shape index (κ3) is 3.47. The minimum Gasteiger partial charge on any atom is -0.388 e. The Balaban J connectivity index is 1.66. The van der Waals surface area contributed by atoms with E-state index in [2.05, 4.69) is 15.0 Å². The Morgan fingerprint density at radius 1 is 1.38 bits per heavy atom. The highest BCUT2D eigenvalue weighted by Crippen LogP contribution is 2.32. The van der Waals surface area contributed by atoms with Gasteiger partial charge in [0.15, 0.2) is 5.82 Å². The number of amides is 1. The van der Waals surface area contributed by atoms with Crippen LogP contribution in [0.5, 0.6) is 0 Å². The molecule has 2 aliphatic rings. The lowest BCUT2D eigenvalue weighted by Gasteiger charge is -2.32. The van der Waals surface area contributed by atoms with Gasteiger partial charge in [0.25, 0.3) is 5.91 Å². The van der Waals surface area contributed by atoms with E-state index in [1.807, 2.05) is 0 Å². The SMILES string of the molecule is Nc1nsc(NCC2(O)CCCCC2)c1C(=O)NC1CC1. The monoisotopic (exact) mass is 310 g/mol. The zero-order valence-corrected chi connectivity index (χ0v) is 12.8. The Morgan fingerprint density at radius 3 is 2.76 bits per heavy atom. The van der Waals surface area contributed by atoms with E-state index < -0.39 is 5.60 Å². The van der Waals surface area contributed by atoms with E-state index in [0.717, 1.165) is 38.5 Å². The Hall–Kier alpha value is -1.34.